The number of benzene rings is 1. The van der Waals surface area contributed by atoms with E-state index in [-0.39, 0.29) is 13.2 Å². The van der Waals surface area contributed by atoms with E-state index >= 15 is 0 Å². The Morgan fingerprint density at radius 1 is 1.47 bits per heavy atom. The number of alkyl carbamates (subject to hydrolysis) is 1. The quantitative estimate of drug-likeness (QED) is 0.662. The third-order valence-electron chi connectivity index (χ3n) is 2.67. The van der Waals surface area contributed by atoms with Crippen molar-refractivity contribution in [2.24, 2.45) is 0 Å². The number of rotatable bonds is 4. The first kappa shape index (κ1) is 13.1. The molecule has 0 saturated carbocycles. The fourth-order valence-electron chi connectivity index (χ4n) is 1.63. The number of hydrogen-bond donors (Lipinski definition) is 1. The molecule has 5 heteroatoms. The molecule has 19 heavy (non-hydrogen) atoms. The molecular weight excluding hydrogens is 246 g/mol. The van der Waals surface area contributed by atoms with E-state index < -0.39 is 17.6 Å². The smallest absolute Gasteiger partial charge is 0.407 e. The van der Waals surface area contributed by atoms with Crippen LogP contribution in [0.5, 0.6) is 0 Å². The van der Waals surface area contributed by atoms with Crippen molar-refractivity contribution < 1.29 is 19.1 Å². The predicted molar refractivity (Wildman–Crippen MR) is 69.3 cm³/mol. The second kappa shape index (κ2) is 5.56. The molecule has 0 radical (unpaired) electrons. The summed E-state index contributed by atoms with van der Waals surface area (Å²) >= 11 is 0. The van der Waals surface area contributed by atoms with Gasteiger partial charge in [0.25, 0.3) is 0 Å². The van der Waals surface area contributed by atoms with Gasteiger partial charge in [-0.15, -0.1) is 0 Å². The van der Waals surface area contributed by atoms with Crippen molar-refractivity contribution in [3.05, 3.63) is 42.0 Å². The van der Waals surface area contributed by atoms with Gasteiger partial charge in [-0.1, -0.05) is 30.3 Å². The van der Waals surface area contributed by atoms with Gasteiger partial charge in [0.15, 0.2) is 0 Å². The second-order valence-electron chi connectivity index (χ2n) is 4.61. The minimum Gasteiger partial charge on any atom is -0.460 e. The summed E-state index contributed by atoms with van der Waals surface area (Å²) in [5, 5.41) is 2.60. The van der Waals surface area contributed by atoms with Crippen LogP contribution in [0.1, 0.15) is 12.5 Å². The van der Waals surface area contributed by atoms with Gasteiger partial charge < -0.3 is 14.8 Å². The summed E-state index contributed by atoms with van der Waals surface area (Å²) < 4.78 is 9.85. The van der Waals surface area contributed by atoms with E-state index in [1.807, 2.05) is 30.3 Å². The summed E-state index contributed by atoms with van der Waals surface area (Å²) in [4.78, 5) is 22.5. The Hall–Kier alpha value is -2.30. The monoisotopic (exact) mass is 261 g/mol. The van der Waals surface area contributed by atoms with Gasteiger partial charge in [-0.05, 0) is 18.6 Å². The molecule has 2 rings (SSSR count). The molecule has 1 aromatic rings. The summed E-state index contributed by atoms with van der Waals surface area (Å²) in [6.07, 6.45) is 2.54. The highest BCUT2D eigenvalue weighted by atomic mass is 16.6. The maximum atomic E-state index is 11.5. The third-order valence-corrected chi connectivity index (χ3v) is 2.67. The highest BCUT2D eigenvalue weighted by Gasteiger charge is 2.36. The van der Waals surface area contributed by atoms with Crippen LogP contribution in [0.25, 0.3) is 6.08 Å². The minimum atomic E-state index is -0.646. The number of carbonyl (C=O) groups is 2. The van der Waals surface area contributed by atoms with E-state index in [9.17, 15) is 9.59 Å². The Morgan fingerprint density at radius 2 is 2.21 bits per heavy atom. The molecule has 100 valence electrons. The maximum Gasteiger partial charge on any atom is 0.407 e. The summed E-state index contributed by atoms with van der Waals surface area (Å²) in [7, 11) is 0. The standard InChI is InChI=1S/C14H15NO4/c1-14(10-19-13(17)15-14)9-18-12(16)8-7-11-5-3-2-4-6-11/h2-8H,9-10H2,1H3,(H,15,17)/b8-7+. The lowest BCUT2D eigenvalue weighted by Gasteiger charge is -2.19. The van der Waals surface area contributed by atoms with Crippen molar-refractivity contribution in [3.8, 4) is 0 Å². The number of hydrogen-bond acceptors (Lipinski definition) is 4. The average Bonchev–Trinajstić information content (AvgIpc) is 2.76. The predicted octanol–water partition coefficient (Wildman–Crippen LogP) is 1.74. The largest absolute Gasteiger partial charge is 0.460 e. The van der Waals surface area contributed by atoms with Crippen LogP contribution < -0.4 is 5.32 Å². The minimum absolute atomic E-state index is 0.0801. The molecule has 0 aliphatic carbocycles. The number of carbonyl (C=O) groups excluding carboxylic acids is 2. The SMILES string of the molecule is CC1(COC(=O)/C=C/c2ccccc2)COC(=O)N1. The van der Waals surface area contributed by atoms with E-state index in [1.165, 1.54) is 6.08 Å². The van der Waals surface area contributed by atoms with Crippen LogP contribution in [-0.2, 0) is 14.3 Å². The van der Waals surface area contributed by atoms with Gasteiger partial charge in [-0.2, -0.15) is 0 Å². The Balaban J connectivity index is 1.82. The lowest BCUT2D eigenvalue weighted by atomic mass is 10.1. The number of cyclic esters (lactones) is 1. The van der Waals surface area contributed by atoms with Crippen molar-refractivity contribution in [2.75, 3.05) is 13.2 Å². The molecule has 1 aliphatic rings. The summed E-state index contributed by atoms with van der Waals surface area (Å²) in [5.74, 6) is -0.453. The first-order valence-corrected chi connectivity index (χ1v) is 5.92. The topological polar surface area (TPSA) is 64.6 Å². The number of nitrogens with one attached hydrogen (secondary N) is 1. The normalized spacial score (nSPS) is 22.1. The van der Waals surface area contributed by atoms with Crippen LogP contribution >= 0.6 is 0 Å². The number of amides is 1. The van der Waals surface area contributed by atoms with E-state index in [0.29, 0.717) is 0 Å². The summed E-state index contributed by atoms with van der Waals surface area (Å²) in [6, 6.07) is 9.44. The fraction of sp³-hybridized carbons (Fsp3) is 0.286. The first-order valence-electron chi connectivity index (χ1n) is 5.92. The van der Waals surface area contributed by atoms with Crippen LogP contribution in [0.15, 0.2) is 36.4 Å². The fourth-order valence-corrected chi connectivity index (χ4v) is 1.63. The molecule has 1 unspecified atom stereocenters. The molecule has 1 aliphatic heterocycles. The summed E-state index contributed by atoms with van der Waals surface area (Å²) in [5.41, 5.74) is 0.274. The second-order valence-corrected chi connectivity index (χ2v) is 4.61. The van der Waals surface area contributed by atoms with Crippen LogP contribution in [0.3, 0.4) is 0 Å². The Bertz CT molecular complexity index is 497. The molecule has 0 spiro atoms. The Labute approximate surface area is 111 Å². The van der Waals surface area contributed by atoms with Crippen LogP contribution in [0.4, 0.5) is 4.79 Å². The molecular formula is C14H15NO4. The molecule has 1 fully saturated rings. The van der Waals surface area contributed by atoms with E-state index in [1.54, 1.807) is 13.0 Å². The zero-order valence-electron chi connectivity index (χ0n) is 10.6. The zero-order chi connectivity index (χ0) is 13.7. The van der Waals surface area contributed by atoms with Gasteiger partial charge in [-0.25, -0.2) is 9.59 Å². The van der Waals surface area contributed by atoms with Gasteiger partial charge in [0.2, 0.25) is 0 Å². The highest BCUT2D eigenvalue weighted by Crippen LogP contribution is 2.12. The molecule has 5 nitrogen and oxygen atoms in total. The van der Waals surface area contributed by atoms with Gasteiger partial charge in [0.05, 0.1) is 0 Å². The third kappa shape index (κ3) is 3.84. The Kier molecular flexibility index (Phi) is 3.85. The van der Waals surface area contributed by atoms with Crippen molar-refractivity contribution in [1.82, 2.24) is 5.32 Å². The van der Waals surface area contributed by atoms with Crippen LogP contribution in [0.2, 0.25) is 0 Å². The molecule has 1 saturated heterocycles. The molecule has 0 aromatic heterocycles. The summed E-state index contributed by atoms with van der Waals surface area (Å²) in [6.45, 7) is 2.03. The number of ether oxygens (including phenoxy) is 2. The van der Waals surface area contributed by atoms with Crippen molar-refractivity contribution in [3.63, 3.8) is 0 Å². The highest BCUT2D eigenvalue weighted by molar-refractivity contribution is 5.87. The molecule has 1 aromatic carbocycles. The molecule has 0 bridgehead atoms. The molecule has 1 N–H and O–H groups in total. The van der Waals surface area contributed by atoms with E-state index in [2.05, 4.69) is 5.32 Å². The lowest BCUT2D eigenvalue weighted by Crippen LogP contribution is -2.45. The van der Waals surface area contributed by atoms with Crippen LogP contribution in [0, 0.1) is 0 Å². The van der Waals surface area contributed by atoms with Crippen molar-refractivity contribution >= 4 is 18.1 Å². The Morgan fingerprint density at radius 3 is 2.84 bits per heavy atom. The lowest BCUT2D eigenvalue weighted by molar-refractivity contribution is -0.139. The van der Waals surface area contributed by atoms with Crippen molar-refractivity contribution in [2.45, 2.75) is 12.5 Å². The maximum absolute atomic E-state index is 11.5. The van der Waals surface area contributed by atoms with Gasteiger partial charge >= 0.3 is 12.1 Å². The van der Waals surface area contributed by atoms with Gasteiger partial charge in [0, 0.05) is 6.08 Å². The molecule has 1 amide bonds. The molecule has 1 atom stereocenters. The number of esters is 1. The van der Waals surface area contributed by atoms with E-state index in [4.69, 9.17) is 9.47 Å². The first-order chi connectivity index (χ1) is 9.07. The van der Waals surface area contributed by atoms with E-state index in [0.717, 1.165) is 5.56 Å². The van der Waals surface area contributed by atoms with Gasteiger partial charge in [0.1, 0.15) is 18.8 Å². The average molecular weight is 261 g/mol. The molecule has 1 heterocycles. The zero-order valence-corrected chi connectivity index (χ0v) is 10.6. The van der Waals surface area contributed by atoms with Crippen molar-refractivity contribution in [1.29, 1.82) is 0 Å². The van der Waals surface area contributed by atoms with Crippen LogP contribution in [-0.4, -0.2) is 30.8 Å². The van der Waals surface area contributed by atoms with Gasteiger partial charge in [-0.3, -0.25) is 0 Å².